The number of benzene rings is 1. The lowest BCUT2D eigenvalue weighted by atomic mass is 10.1. The van der Waals surface area contributed by atoms with Crippen LogP contribution in [0.25, 0.3) is 0 Å². The first-order valence-corrected chi connectivity index (χ1v) is 7.78. The molecule has 0 aliphatic heterocycles. The van der Waals surface area contributed by atoms with Crippen molar-refractivity contribution < 1.29 is 30.5 Å². The van der Waals surface area contributed by atoms with Crippen molar-refractivity contribution in [2.24, 2.45) is 0 Å². The molecular weight excluding hydrogens is 309 g/mol. The smallest absolute Gasteiger partial charge is 0.379 e. The molecule has 1 aromatic carbocycles. The number of halogens is 3. The summed E-state index contributed by atoms with van der Waals surface area (Å²) in [5.74, 6) is 0. The standard InChI is InChI=1S/C13H17F3O4S/c1-2-19-10-12(20-21(17,18)13(14,15)16)9-8-11-6-4-3-5-7-11/h3-7,12H,2,8-10H2,1H3/t12-/m0/s1. The van der Waals surface area contributed by atoms with Crippen LogP contribution in [0.1, 0.15) is 18.9 Å². The molecule has 0 amide bonds. The topological polar surface area (TPSA) is 52.6 Å². The average Bonchev–Trinajstić information content (AvgIpc) is 2.41. The molecule has 120 valence electrons. The summed E-state index contributed by atoms with van der Waals surface area (Å²) in [6, 6.07) is 9.00. The molecule has 8 heteroatoms. The summed E-state index contributed by atoms with van der Waals surface area (Å²) in [6.45, 7) is 1.71. The first-order chi connectivity index (χ1) is 9.76. The summed E-state index contributed by atoms with van der Waals surface area (Å²) in [5, 5.41) is 0. The molecule has 0 fully saturated rings. The first-order valence-electron chi connectivity index (χ1n) is 6.37. The van der Waals surface area contributed by atoms with Crippen LogP contribution < -0.4 is 0 Å². The Bertz CT molecular complexity index is 514. The number of alkyl halides is 3. The lowest BCUT2D eigenvalue weighted by Crippen LogP contribution is -2.32. The van der Waals surface area contributed by atoms with Gasteiger partial charge in [-0.1, -0.05) is 30.3 Å². The molecule has 1 atom stereocenters. The van der Waals surface area contributed by atoms with Gasteiger partial charge in [0.2, 0.25) is 0 Å². The number of hydrogen-bond donors (Lipinski definition) is 0. The van der Waals surface area contributed by atoms with Gasteiger partial charge >= 0.3 is 15.6 Å². The highest BCUT2D eigenvalue weighted by molar-refractivity contribution is 7.87. The molecule has 0 unspecified atom stereocenters. The highest BCUT2D eigenvalue weighted by Gasteiger charge is 2.48. The van der Waals surface area contributed by atoms with Crippen LogP contribution in [-0.2, 0) is 25.5 Å². The Hall–Kier alpha value is -1.12. The van der Waals surface area contributed by atoms with Crippen LogP contribution in [0.15, 0.2) is 30.3 Å². The van der Waals surface area contributed by atoms with Crippen LogP contribution >= 0.6 is 0 Å². The fourth-order valence-corrected chi connectivity index (χ4v) is 2.23. The number of aryl methyl sites for hydroxylation is 1. The second-order valence-corrected chi connectivity index (χ2v) is 5.87. The lowest BCUT2D eigenvalue weighted by molar-refractivity contribution is -0.0609. The Kier molecular flexibility index (Phi) is 6.63. The minimum absolute atomic E-state index is 0.110. The second kappa shape index (κ2) is 7.77. The van der Waals surface area contributed by atoms with E-state index in [0.717, 1.165) is 5.56 Å². The molecule has 0 radical (unpaired) electrons. The fourth-order valence-electron chi connectivity index (χ4n) is 1.61. The summed E-state index contributed by atoms with van der Waals surface area (Å²) in [7, 11) is -5.61. The summed E-state index contributed by atoms with van der Waals surface area (Å²) in [5.41, 5.74) is -4.54. The largest absolute Gasteiger partial charge is 0.523 e. The number of rotatable bonds is 8. The molecule has 21 heavy (non-hydrogen) atoms. The maximum Gasteiger partial charge on any atom is 0.523 e. The van der Waals surface area contributed by atoms with Gasteiger partial charge in [0.05, 0.1) is 6.61 Å². The van der Waals surface area contributed by atoms with E-state index in [1.54, 1.807) is 31.2 Å². The predicted molar refractivity (Wildman–Crippen MR) is 71.1 cm³/mol. The van der Waals surface area contributed by atoms with Gasteiger partial charge in [-0.25, -0.2) is 0 Å². The van der Waals surface area contributed by atoms with Crippen molar-refractivity contribution in [3.63, 3.8) is 0 Å². The molecule has 0 aromatic heterocycles. The van der Waals surface area contributed by atoms with Gasteiger partial charge in [-0.15, -0.1) is 0 Å². The highest BCUT2D eigenvalue weighted by atomic mass is 32.2. The quantitative estimate of drug-likeness (QED) is 0.544. The SMILES string of the molecule is CCOC[C@H](CCc1ccccc1)OS(=O)(=O)C(F)(F)F. The van der Waals surface area contributed by atoms with E-state index in [2.05, 4.69) is 4.18 Å². The maximum atomic E-state index is 12.3. The van der Waals surface area contributed by atoms with Gasteiger partial charge < -0.3 is 4.74 Å². The van der Waals surface area contributed by atoms with Crippen molar-refractivity contribution in [3.8, 4) is 0 Å². The van der Waals surface area contributed by atoms with Gasteiger partial charge in [0.25, 0.3) is 0 Å². The van der Waals surface area contributed by atoms with Crippen molar-refractivity contribution in [2.75, 3.05) is 13.2 Å². The molecule has 0 saturated carbocycles. The molecule has 0 bridgehead atoms. The van der Waals surface area contributed by atoms with E-state index in [1.165, 1.54) is 0 Å². The monoisotopic (exact) mass is 326 g/mol. The average molecular weight is 326 g/mol. The van der Waals surface area contributed by atoms with Gasteiger partial charge in [0.1, 0.15) is 6.10 Å². The molecular formula is C13H17F3O4S. The number of hydrogen-bond acceptors (Lipinski definition) is 4. The third-order valence-corrected chi connectivity index (χ3v) is 3.74. The Labute approximate surface area is 122 Å². The molecule has 0 N–H and O–H groups in total. The maximum absolute atomic E-state index is 12.3. The fraction of sp³-hybridized carbons (Fsp3) is 0.538. The molecule has 0 saturated heterocycles. The molecule has 1 rings (SSSR count). The second-order valence-electron chi connectivity index (χ2n) is 4.30. The summed E-state index contributed by atoms with van der Waals surface area (Å²) >= 11 is 0. The van der Waals surface area contributed by atoms with E-state index < -0.39 is 21.7 Å². The Morgan fingerprint density at radius 3 is 2.33 bits per heavy atom. The predicted octanol–water partition coefficient (Wildman–Crippen LogP) is 2.89. The first kappa shape index (κ1) is 17.9. The molecule has 0 heterocycles. The Balaban J connectivity index is 2.68. The van der Waals surface area contributed by atoms with Gasteiger partial charge in [0.15, 0.2) is 0 Å². The van der Waals surface area contributed by atoms with Crippen molar-refractivity contribution in [2.45, 2.75) is 31.4 Å². The van der Waals surface area contributed by atoms with E-state index in [1.807, 2.05) is 6.07 Å². The molecule has 4 nitrogen and oxygen atoms in total. The third kappa shape index (κ3) is 6.03. The van der Waals surface area contributed by atoms with Gasteiger partial charge in [-0.05, 0) is 25.3 Å². The molecule has 0 aliphatic rings. The van der Waals surface area contributed by atoms with Crippen molar-refractivity contribution in [3.05, 3.63) is 35.9 Å². The normalized spacial score (nSPS) is 14.1. The van der Waals surface area contributed by atoms with Crippen LogP contribution in [0, 0.1) is 0 Å². The minimum atomic E-state index is -5.61. The van der Waals surface area contributed by atoms with Crippen LogP contribution in [0.5, 0.6) is 0 Å². The minimum Gasteiger partial charge on any atom is -0.379 e. The zero-order chi connectivity index (χ0) is 15.9. The molecule has 1 aromatic rings. The lowest BCUT2D eigenvalue weighted by Gasteiger charge is -2.18. The number of ether oxygens (including phenoxy) is 1. The third-order valence-electron chi connectivity index (χ3n) is 2.65. The van der Waals surface area contributed by atoms with Gasteiger partial charge in [-0.2, -0.15) is 21.6 Å². The molecule has 0 aliphatic carbocycles. The summed E-state index contributed by atoms with van der Waals surface area (Å²) in [6.07, 6.45) is -0.664. The molecule has 0 spiro atoms. The Morgan fingerprint density at radius 1 is 1.19 bits per heavy atom. The highest BCUT2D eigenvalue weighted by Crippen LogP contribution is 2.26. The van der Waals surface area contributed by atoms with E-state index in [-0.39, 0.29) is 19.6 Å². The van der Waals surface area contributed by atoms with Crippen molar-refractivity contribution >= 4 is 10.1 Å². The van der Waals surface area contributed by atoms with Crippen LogP contribution in [0.3, 0.4) is 0 Å². The van der Waals surface area contributed by atoms with E-state index in [4.69, 9.17) is 4.74 Å². The van der Waals surface area contributed by atoms with Crippen LogP contribution in [0.2, 0.25) is 0 Å². The van der Waals surface area contributed by atoms with Gasteiger partial charge in [-0.3, -0.25) is 4.18 Å². The zero-order valence-electron chi connectivity index (χ0n) is 11.5. The summed E-state index contributed by atoms with van der Waals surface area (Å²) in [4.78, 5) is 0. The van der Waals surface area contributed by atoms with E-state index in [0.29, 0.717) is 6.42 Å². The van der Waals surface area contributed by atoms with Crippen molar-refractivity contribution in [1.29, 1.82) is 0 Å². The van der Waals surface area contributed by atoms with Crippen LogP contribution in [0.4, 0.5) is 13.2 Å². The summed E-state index contributed by atoms with van der Waals surface area (Å²) < 4.78 is 68.3. The van der Waals surface area contributed by atoms with Gasteiger partial charge in [0, 0.05) is 6.61 Å². The Morgan fingerprint density at radius 2 is 1.81 bits per heavy atom. The van der Waals surface area contributed by atoms with E-state index >= 15 is 0 Å². The van der Waals surface area contributed by atoms with Crippen molar-refractivity contribution in [1.82, 2.24) is 0 Å². The zero-order valence-corrected chi connectivity index (χ0v) is 12.3. The van der Waals surface area contributed by atoms with E-state index in [9.17, 15) is 21.6 Å². The van der Waals surface area contributed by atoms with Crippen LogP contribution in [-0.4, -0.2) is 33.2 Å².